The predicted octanol–water partition coefficient (Wildman–Crippen LogP) is 2.11. The van der Waals surface area contributed by atoms with Gasteiger partial charge in [-0.05, 0) is 31.7 Å². The molecule has 1 saturated heterocycles. The second-order valence-electron chi connectivity index (χ2n) is 5.76. The lowest BCUT2D eigenvalue weighted by Crippen LogP contribution is -2.27. The van der Waals surface area contributed by atoms with Gasteiger partial charge in [0.2, 0.25) is 0 Å². The molecule has 0 unspecified atom stereocenters. The van der Waals surface area contributed by atoms with Crippen LogP contribution >= 0.6 is 11.6 Å². The number of nitrogens with zero attached hydrogens (tertiary/aromatic N) is 2. The SMILES string of the molecule is CC(C)Cn1ncc(NCC[C@H]2CCCN2)c(Cl)c1=O. The summed E-state index contributed by atoms with van der Waals surface area (Å²) in [6.07, 6.45) is 5.15. The molecule has 2 N–H and O–H groups in total. The van der Waals surface area contributed by atoms with Crippen molar-refractivity contribution in [1.82, 2.24) is 15.1 Å². The summed E-state index contributed by atoms with van der Waals surface area (Å²) < 4.78 is 1.43. The third-order valence-corrected chi connectivity index (χ3v) is 3.86. The van der Waals surface area contributed by atoms with Gasteiger partial charge in [0.25, 0.3) is 5.56 Å². The van der Waals surface area contributed by atoms with Crippen LogP contribution in [-0.2, 0) is 6.54 Å². The van der Waals surface area contributed by atoms with E-state index in [0.29, 0.717) is 24.2 Å². The van der Waals surface area contributed by atoms with E-state index >= 15 is 0 Å². The summed E-state index contributed by atoms with van der Waals surface area (Å²) in [6, 6.07) is 0.579. The van der Waals surface area contributed by atoms with Crippen molar-refractivity contribution in [2.45, 2.75) is 45.7 Å². The first-order chi connectivity index (χ1) is 9.58. The lowest BCUT2D eigenvalue weighted by molar-refractivity contribution is 0.464. The molecule has 112 valence electrons. The summed E-state index contributed by atoms with van der Waals surface area (Å²) in [4.78, 5) is 12.1. The average molecular weight is 299 g/mol. The van der Waals surface area contributed by atoms with Gasteiger partial charge in [0, 0.05) is 19.1 Å². The van der Waals surface area contributed by atoms with Gasteiger partial charge in [-0.15, -0.1) is 0 Å². The van der Waals surface area contributed by atoms with Gasteiger partial charge in [-0.3, -0.25) is 4.79 Å². The van der Waals surface area contributed by atoms with Crippen LogP contribution < -0.4 is 16.2 Å². The second kappa shape index (κ2) is 7.09. The highest BCUT2D eigenvalue weighted by molar-refractivity contribution is 6.32. The molecule has 1 aromatic heterocycles. The maximum absolute atomic E-state index is 12.1. The van der Waals surface area contributed by atoms with Crippen LogP contribution in [0.15, 0.2) is 11.0 Å². The zero-order chi connectivity index (χ0) is 14.5. The van der Waals surface area contributed by atoms with Crippen molar-refractivity contribution < 1.29 is 0 Å². The molecule has 2 heterocycles. The molecule has 1 fully saturated rings. The standard InChI is InChI=1S/C14H23ClN4O/c1-10(2)9-19-14(20)13(15)12(8-18-19)17-7-5-11-4-3-6-16-11/h8,10-11,16-17H,3-7,9H2,1-2H3/t11-/m1/s1. The van der Waals surface area contributed by atoms with Crippen LogP contribution in [0.4, 0.5) is 5.69 Å². The molecule has 0 radical (unpaired) electrons. The van der Waals surface area contributed by atoms with Gasteiger partial charge in [0.15, 0.2) is 0 Å². The van der Waals surface area contributed by atoms with Gasteiger partial charge in [-0.2, -0.15) is 5.10 Å². The van der Waals surface area contributed by atoms with Crippen LogP contribution in [-0.4, -0.2) is 28.9 Å². The van der Waals surface area contributed by atoms with Crippen LogP contribution in [0.25, 0.3) is 0 Å². The molecule has 0 bridgehead atoms. The minimum absolute atomic E-state index is 0.218. The van der Waals surface area contributed by atoms with Crippen LogP contribution in [0, 0.1) is 5.92 Å². The zero-order valence-corrected chi connectivity index (χ0v) is 12.9. The highest BCUT2D eigenvalue weighted by Crippen LogP contribution is 2.16. The van der Waals surface area contributed by atoms with E-state index in [4.69, 9.17) is 11.6 Å². The van der Waals surface area contributed by atoms with Gasteiger partial charge in [-0.25, -0.2) is 4.68 Å². The van der Waals surface area contributed by atoms with Crippen molar-refractivity contribution in [2.75, 3.05) is 18.4 Å². The van der Waals surface area contributed by atoms with Crippen molar-refractivity contribution in [3.63, 3.8) is 0 Å². The molecule has 5 nitrogen and oxygen atoms in total. The van der Waals surface area contributed by atoms with E-state index < -0.39 is 0 Å². The fraction of sp³-hybridized carbons (Fsp3) is 0.714. The fourth-order valence-corrected chi connectivity index (χ4v) is 2.66. The van der Waals surface area contributed by atoms with Gasteiger partial charge >= 0.3 is 0 Å². The van der Waals surface area contributed by atoms with Crippen molar-refractivity contribution in [2.24, 2.45) is 5.92 Å². The minimum atomic E-state index is -0.218. The Morgan fingerprint density at radius 1 is 1.60 bits per heavy atom. The first-order valence-electron chi connectivity index (χ1n) is 7.31. The summed E-state index contributed by atoms with van der Waals surface area (Å²) in [7, 11) is 0. The van der Waals surface area contributed by atoms with Crippen LogP contribution in [0.1, 0.15) is 33.1 Å². The Morgan fingerprint density at radius 2 is 2.40 bits per heavy atom. The predicted molar refractivity (Wildman–Crippen MR) is 82.5 cm³/mol. The molecule has 0 spiro atoms. The number of hydrogen-bond donors (Lipinski definition) is 2. The van der Waals surface area contributed by atoms with Gasteiger partial charge in [-0.1, -0.05) is 25.4 Å². The zero-order valence-electron chi connectivity index (χ0n) is 12.2. The van der Waals surface area contributed by atoms with E-state index in [0.717, 1.165) is 19.5 Å². The number of halogens is 1. The maximum Gasteiger partial charge on any atom is 0.287 e. The Morgan fingerprint density at radius 3 is 3.05 bits per heavy atom. The molecule has 1 aromatic rings. The summed E-state index contributed by atoms with van der Waals surface area (Å²) in [5, 5.41) is 11.1. The van der Waals surface area contributed by atoms with Crippen molar-refractivity contribution in [1.29, 1.82) is 0 Å². The van der Waals surface area contributed by atoms with E-state index in [9.17, 15) is 4.79 Å². The molecule has 1 atom stereocenters. The Balaban J connectivity index is 1.94. The normalized spacial score (nSPS) is 18.7. The van der Waals surface area contributed by atoms with E-state index in [2.05, 4.69) is 15.7 Å². The largest absolute Gasteiger partial charge is 0.382 e. The van der Waals surface area contributed by atoms with Crippen molar-refractivity contribution >= 4 is 17.3 Å². The van der Waals surface area contributed by atoms with E-state index in [1.54, 1.807) is 6.20 Å². The topological polar surface area (TPSA) is 59.0 Å². The van der Waals surface area contributed by atoms with Gasteiger partial charge in [0.1, 0.15) is 5.02 Å². The minimum Gasteiger partial charge on any atom is -0.382 e. The number of nitrogens with one attached hydrogen (secondary N) is 2. The molecule has 1 aliphatic heterocycles. The molecule has 1 aliphatic rings. The molecule has 20 heavy (non-hydrogen) atoms. The third-order valence-electron chi connectivity index (χ3n) is 3.49. The Labute approximate surface area is 124 Å². The van der Waals surface area contributed by atoms with Gasteiger partial charge in [0.05, 0.1) is 11.9 Å². The lowest BCUT2D eigenvalue weighted by Gasteiger charge is -2.13. The molecule has 0 aromatic carbocycles. The Hall–Kier alpha value is -1.07. The summed E-state index contributed by atoms with van der Waals surface area (Å²) in [6.45, 7) is 6.58. The van der Waals surface area contributed by atoms with E-state index in [-0.39, 0.29) is 10.6 Å². The average Bonchev–Trinajstić information content (AvgIpc) is 2.90. The number of anilines is 1. The third kappa shape index (κ3) is 3.96. The first-order valence-corrected chi connectivity index (χ1v) is 7.68. The fourth-order valence-electron chi connectivity index (χ4n) is 2.45. The van der Waals surface area contributed by atoms with Gasteiger partial charge < -0.3 is 10.6 Å². The molecular formula is C14H23ClN4O. The molecule has 0 saturated carbocycles. The number of aromatic nitrogens is 2. The first kappa shape index (κ1) is 15.3. The summed E-state index contributed by atoms with van der Waals surface area (Å²) in [5.74, 6) is 0.364. The molecule has 2 rings (SSSR count). The second-order valence-corrected chi connectivity index (χ2v) is 6.14. The Kier molecular flexibility index (Phi) is 5.43. The number of hydrogen-bond acceptors (Lipinski definition) is 4. The Bertz CT molecular complexity index is 494. The van der Waals surface area contributed by atoms with E-state index in [1.807, 2.05) is 13.8 Å². The van der Waals surface area contributed by atoms with Crippen LogP contribution in [0.5, 0.6) is 0 Å². The van der Waals surface area contributed by atoms with Crippen LogP contribution in [0.2, 0.25) is 5.02 Å². The lowest BCUT2D eigenvalue weighted by atomic mass is 10.1. The maximum atomic E-state index is 12.1. The summed E-state index contributed by atoms with van der Waals surface area (Å²) >= 11 is 6.13. The number of rotatable bonds is 6. The molecular weight excluding hydrogens is 276 g/mol. The highest BCUT2D eigenvalue weighted by atomic mass is 35.5. The molecule has 6 heteroatoms. The quantitative estimate of drug-likeness (QED) is 0.844. The van der Waals surface area contributed by atoms with Crippen molar-refractivity contribution in [3.8, 4) is 0 Å². The van der Waals surface area contributed by atoms with Crippen LogP contribution in [0.3, 0.4) is 0 Å². The highest BCUT2D eigenvalue weighted by Gasteiger charge is 2.14. The monoisotopic (exact) mass is 298 g/mol. The summed E-state index contributed by atoms with van der Waals surface area (Å²) in [5.41, 5.74) is 0.416. The molecule has 0 aliphatic carbocycles. The van der Waals surface area contributed by atoms with Crippen molar-refractivity contribution in [3.05, 3.63) is 21.6 Å². The smallest absolute Gasteiger partial charge is 0.287 e. The molecule has 0 amide bonds. The van der Waals surface area contributed by atoms with E-state index in [1.165, 1.54) is 17.5 Å².